The van der Waals surface area contributed by atoms with Crippen molar-refractivity contribution >= 4 is 0 Å². The topological polar surface area (TPSA) is 3.24 Å². The Bertz CT molecular complexity index is 111. The third-order valence-electron chi connectivity index (χ3n) is 2.91. The summed E-state index contributed by atoms with van der Waals surface area (Å²) in [7, 11) is 0. The van der Waals surface area contributed by atoms with Crippen molar-refractivity contribution in [3.8, 4) is 0 Å². The van der Waals surface area contributed by atoms with E-state index in [4.69, 9.17) is 0 Å². The molecule has 0 aromatic rings. The lowest BCUT2D eigenvalue weighted by atomic mass is 10.1. The molecule has 0 spiro atoms. The van der Waals surface area contributed by atoms with Gasteiger partial charge in [0.25, 0.3) is 0 Å². The van der Waals surface area contributed by atoms with E-state index in [0.717, 1.165) is 12.1 Å². The van der Waals surface area contributed by atoms with Crippen LogP contribution in [-0.2, 0) is 0 Å². The molecule has 9 heavy (non-hydrogen) atoms. The van der Waals surface area contributed by atoms with Gasteiger partial charge in [0.2, 0.25) is 0 Å². The van der Waals surface area contributed by atoms with Gasteiger partial charge in [0, 0.05) is 12.1 Å². The molecule has 1 heteroatoms. The molecule has 0 aromatic heterocycles. The summed E-state index contributed by atoms with van der Waals surface area (Å²) in [6.07, 6.45) is 5.85. The highest BCUT2D eigenvalue weighted by Gasteiger charge is 2.33. The van der Waals surface area contributed by atoms with Gasteiger partial charge in [-0.25, -0.2) is 0 Å². The molecule has 2 rings (SSSR count). The maximum atomic E-state index is 2.68. The molecule has 0 bridgehead atoms. The van der Waals surface area contributed by atoms with Crippen LogP contribution < -0.4 is 0 Å². The summed E-state index contributed by atoms with van der Waals surface area (Å²) in [5, 5.41) is 0. The Balaban J connectivity index is 2.07. The third-order valence-corrected chi connectivity index (χ3v) is 2.91. The molecular formula is C8H15N. The number of hydrogen-bond donors (Lipinski definition) is 0. The van der Waals surface area contributed by atoms with Crippen LogP contribution in [0.15, 0.2) is 0 Å². The molecule has 2 heterocycles. The lowest BCUT2D eigenvalue weighted by Crippen LogP contribution is -2.28. The molecule has 0 N–H and O–H groups in total. The number of rotatable bonds is 0. The van der Waals surface area contributed by atoms with E-state index in [1.165, 1.54) is 32.2 Å². The van der Waals surface area contributed by atoms with Gasteiger partial charge in [-0.3, -0.25) is 4.90 Å². The summed E-state index contributed by atoms with van der Waals surface area (Å²) in [5.41, 5.74) is 0. The summed E-state index contributed by atoms with van der Waals surface area (Å²) in [6, 6.07) is 1.89. The number of hydrogen-bond acceptors (Lipinski definition) is 1. The monoisotopic (exact) mass is 125 g/mol. The molecule has 0 saturated carbocycles. The van der Waals surface area contributed by atoms with E-state index >= 15 is 0 Å². The second-order valence-corrected chi connectivity index (χ2v) is 3.46. The van der Waals surface area contributed by atoms with Gasteiger partial charge in [0.1, 0.15) is 0 Å². The molecule has 2 unspecified atom stereocenters. The zero-order valence-corrected chi connectivity index (χ0v) is 6.14. The maximum absolute atomic E-state index is 2.68. The van der Waals surface area contributed by atoms with Gasteiger partial charge >= 0.3 is 0 Å². The van der Waals surface area contributed by atoms with Crippen molar-refractivity contribution in [1.82, 2.24) is 4.90 Å². The minimum atomic E-state index is 0.900. The Morgan fingerprint density at radius 2 is 2.11 bits per heavy atom. The van der Waals surface area contributed by atoms with Crippen molar-refractivity contribution in [2.45, 2.75) is 44.7 Å². The quantitative estimate of drug-likeness (QED) is 0.475. The molecule has 2 aliphatic rings. The summed E-state index contributed by atoms with van der Waals surface area (Å²) in [6.45, 7) is 3.75. The minimum Gasteiger partial charge on any atom is -0.298 e. The van der Waals surface area contributed by atoms with E-state index in [-0.39, 0.29) is 0 Å². The summed E-state index contributed by atoms with van der Waals surface area (Å²) >= 11 is 0. The highest BCUT2D eigenvalue weighted by molar-refractivity contribution is 4.89. The Kier molecular flexibility index (Phi) is 1.26. The maximum Gasteiger partial charge on any atom is 0.00991 e. The molecule has 2 fully saturated rings. The molecule has 2 aliphatic heterocycles. The third kappa shape index (κ3) is 0.787. The van der Waals surface area contributed by atoms with Crippen molar-refractivity contribution in [1.29, 1.82) is 0 Å². The van der Waals surface area contributed by atoms with Crippen LogP contribution in [0.1, 0.15) is 32.6 Å². The first-order valence-electron chi connectivity index (χ1n) is 4.13. The van der Waals surface area contributed by atoms with E-state index in [1.807, 2.05) is 0 Å². The zero-order chi connectivity index (χ0) is 6.27. The Morgan fingerprint density at radius 3 is 2.89 bits per heavy atom. The van der Waals surface area contributed by atoms with Crippen LogP contribution in [0.25, 0.3) is 0 Å². The molecule has 2 saturated heterocycles. The molecular weight excluding hydrogens is 110 g/mol. The van der Waals surface area contributed by atoms with Crippen molar-refractivity contribution in [3.05, 3.63) is 0 Å². The van der Waals surface area contributed by atoms with Crippen molar-refractivity contribution in [3.63, 3.8) is 0 Å². The fraction of sp³-hybridized carbons (Fsp3) is 1.00. The predicted octanol–water partition coefficient (Wildman–Crippen LogP) is 1.63. The highest BCUT2D eigenvalue weighted by atomic mass is 15.2. The molecule has 0 aromatic carbocycles. The summed E-state index contributed by atoms with van der Waals surface area (Å²) in [5.74, 6) is 0. The van der Waals surface area contributed by atoms with Gasteiger partial charge in [0.15, 0.2) is 0 Å². The fourth-order valence-corrected chi connectivity index (χ4v) is 2.35. The lowest BCUT2D eigenvalue weighted by Gasteiger charge is -2.19. The van der Waals surface area contributed by atoms with Gasteiger partial charge in [-0.15, -0.1) is 0 Å². The van der Waals surface area contributed by atoms with Crippen LogP contribution >= 0.6 is 0 Å². The van der Waals surface area contributed by atoms with Crippen molar-refractivity contribution < 1.29 is 0 Å². The highest BCUT2D eigenvalue weighted by Crippen LogP contribution is 2.31. The van der Waals surface area contributed by atoms with Crippen LogP contribution in [0.5, 0.6) is 0 Å². The summed E-state index contributed by atoms with van der Waals surface area (Å²) < 4.78 is 0. The smallest absolute Gasteiger partial charge is 0.00991 e. The van der Waals surface area contributed by atoms with E-state index in [2.05, 4.69) is 11.8 Å². The Morgan fingerprint density at radius 1 is 1.22 bits per heavy atom. The number of nitrogens with zero attached hydrogens (tertiary/aromatic N) is 1. The number of fused-ring (bicyclic) bond motifs is 1. The molecule has 0 radical (unpaired) electrons. The average Bonchev–Trinajstić information content (AvgIpc) is 2.35. The van der Waals surface area contributed by atoms with E-state index in [9.17, 15) is 0 Å². The van der Waals surface area contributed by atoms with Crippen LogP contribution in [0.2, 0.25) is 0 Å². The van der Waals surface area contributed by atoms with Gasteiger partial charge < -0.3 is 0 Å². The lowest BCUT2D eigenvalue weighted by molar-refractivity contribution is 0.260. The first-order chi connectivity index (χ1) is 4.38. The Labute approximate surface area is 57.0 Å². The van der Waals surface area contributed by atoms with Crippen LogP contribution in [0, 0.1) is 0 Å². The van der Waals surface area contributed by atoms with Gasteiger partial charge in [-0.2, -0.15) is 0 Å². The standard InChI is InChI=1S/C8H15N/c1-7-4-5-8-3-2-6-9(7)8/h7-8H,2-6H2,1H3. The zero-order valence-electron chi connectivity index (χ0n) is 6.14. The van der Waals surface area contributed by atoms with Gasteiger partial charge in [-0.05, 0) is 39.2 Å². The van der Waals surface area contributed by atoms with Crippen LogP contribution in [0.4, 0.5) is 0 Å². The molecule has 2 atom stereocenters. The first kappa shape index (κ1) is 5.72. The second-order valence-electron chi connectivity index (χ2n) is 3.46. The van der Waals surface area contributed by atoms with E-state index in [1.54, 1.807) is 0 Å². The SMILES string of the molecule is CC1CCC2CCCN12. The average molecular weight is 125 g/mol. The molecule has 52 valence electrons. The molecule has 0 amide bonds. The largest absolute Gasteiger partial charge is 0.298 e. The van der Waals surface area contributed by atoms with Gasteiger partial charge in [-0.1, -0.05) is 0 Å². The van der Waals surface area contributed by atoms with Crippen molar-refractivity contribution in [2.24, 2.45) is 0 Å². The van der Waals surface area contributed by atoms with Gasteiger partial charge in [0.05, 0.1) is 0 Å². The van der Waals surface area contributed by atoms with Crippen LogP contribution in [0.3, 0.4) is 0 Å². The minimum absolute atomic E-state index is 0.900. The fourth-order valence-electron chi connectivity index (χ4n) is 2.35. The molecule has 0 aliphatic carbocycles. The second kappa shape index (κ2) is 1.98. The van der Waals surface area contributed by atoms with Crippen molar-refractivity contribution in [2.75, 3.05) is 6.54 Å². The van der Waals surface area contributed by atoms with Crippen LogP contribution in [-0.4, -0.2) is 23.5 Å². The predicted molar refractivity (Wildman–Crippen MR) is 38.4 cm³/mol. The van der Waals surface area contributed by atoms with E-state index < -0.39 is 0 Å². The summed E-state index contributed by atoms with van der Waals surface area (Å²) in [4.78, 5) is 2.68. The van der Waals surface area contributed by atoms with E-state index in [0.29, 0.717) is 0 Å². The Hall–Kier alpha value is -0.0400. The first-order valence-corrected chi connectivity index (χ1v) is 4.13. The normalized spacial score (nSPS) is 43.7. The molecule has 1 nitrogen and oxygen atoms in total.